The van der Waals surface area contributed by atoms with E-state index in [-0.39, 0.29) is 5.38 Å². The molecule has 0 spiro atoms. The van der Waals surface area contributed by atoms with E-state index in [0.717, 1.165) is 22.8 Å². The van der Waals surface area contributed by atoms with Crippen LogP contribution in [0.25, 0.3) is 11.0 Å². The van der Waals surface area contributed by atoms with E-state index in [2.05, 4.69) is 59.2 Å². The minimum absolute atomic E-state index is 0.0702. The Morgan fingerprint density at radius 1 is 1.42 bits per heavy atom. The number of thioether (sulfide) groups is 1. The third kappa shape index (κ3) is 3.39. The van der Waals surface area contributed by atoms with Crippen molar-refractivity contribution in [1.29, 1.82) is 0 Å². The van der Waals surface area contributed by atoms with Gasteiger partial charge in [-0.3, -0.25) is 0 Å². The molecule has 1 aromatic heterocycles. The summed E-state index contributed by atoms with van der Waals surface area (Å²) >= 11 is 10.6. The van der Waals surface area contributed by atoms with Crippen LogP contribution in [-0.4, -0.2) is 21.1 Å². The maximum absolute atomic E-state index is 6.31. The van der Waals surface area contributed by atoms with Crippen molar-refractivity contribution in [3.05, 3.63) is 27.6 Å². The lowest BCUT2D eigenvalue weighted by molar-refractivity contribution is 0.593. The van der Waals surface area contributed by atoms with Crippen LogP contribution in [0.4, 0.5) is 0 Å². The number of imidazole rings is 1. The summed E-state index contributed by atoms with van der Waals surface area (Å²) in [5, 5.41) is -0.0702. The van der Waals surface area contributed by atoms with E-state index in [1.165, 1.54) is 9.09 Å². The van der Waals surface area contributed by atoms with Gasteiger partial charge in [-0.2, -0.15) is 11.8 Å². The molecular formula is C14H18ClIN2S. The van der Waals surface area contributed by atoms with Crippen LogP contribution in [0.3, 0.4) is 0 Å². The number of hydrogen-bond acceptors (Lipinski definition) is 2. The normalized spacial score (nSPS) is 14.8. The predicted octanol–water partition coefficient (Wildman–Crippen LogP) is 5.25. The Morgan fingerprint density at radius 3 is 2.79 bits per heavy atom. The summed E-state index contributed by atoms with van der Waals surface area (Å²) in [6, 6.07) is 6.81. The van der Waals surface area contributed by atoms with Crippen molar-refractivity contribution in [2.24, 2.45) is 0 Å². The second-order valence-corrected chi connectivity index (χ2v) is 7.82. The summed E-state index contributed by atoms with van der Waals surface area (Å²) in [6.07, 6.45) is 0. The van der Waals surface area contributed by atoms with Crippen LogP contribution in [0.15, 0.2) is 18.2 Å². The molecule has 2 aromatic rings. The Hall–Kier alpha value is 0.0600. The lowest BCUT2D eigenvalue weighted by Crippen LogP contribution is -2.12. The highest BCUT2D eigenvalue weighted by atomic mass is 127. The molecule has 2 rings (SSSR count). The van der Waals surface area contributed by atoms with Gasteiger partial charge in [-0.15, -0.1) is 11.6 Å². The van der Waals surface area contributed by atoms with Gasteiger partial charge in [-0.1, -0.05) is 6.92 Å². The number of benzene rings is 1. The van der Waals surface area contributed by atoms with Crippen LogP contribution in [0.5, 0.6) is 0 Å². The second-order valence-electron chi connectivity index (χ2n) is 4.60. The van der Waals surface area contributed by atoms with Gasteiger partial charge in [0.1, 0.15) is 5.82 Å². The first kappa shape index (κ1) is 15.4. The molecule has 0 aliphatic heterocycles. The average Bonchev–Trinajstić information content (AvgIpc) is 2.74. The summed E-state index contributed by atoms with van der Waals surface area (Å²) in [4.78, 5) is 4.72. The molecule has 0 aliphatic rings. The molecule has 1 aromatic carbocycles. The first-order valence-electron chi connectivity index (χ1n) is 6.43. The first-order valence-corrected chi connectivity index (χ1v) is 9.10. The lowest BCUT2D eigenvalue weighted by Gasteiger charge is -2.18. The SMILES string of the molecule is CCSCC(C)n1c(C(C)Cl)nc2cc(I)ccc21. The molecule has 2 nitrogen and oxygen atoms in total. The average molecular weight is 409 g/mol. The van der Waals surface area contributed by atoms with Crippen molar-refractivity contribution >= 4 is 57.0 Å². The van der Waals surface area contributed by atoms with E-state index in [1.54, 1.807) is 0 Å². The minimum Gasteiger partial charge on any atom is -0.323 e. The highest BCUT2D eigenvalue weighted by Crippen LogP contribution is 2.30. The standard InChI is InChI=1S/C14H18ClIN2S/c1-4-19-8-9(2)18-13-6-5-11(16)7-12(13)17-14(18)10(3)15/h5-7,9-10H,4,8H2,1-3H3. The maximum atomic E-state index is 6.31. The Labute approximate surface area is 137 Å². The van der Waals surface area contributed by atoms with Crippen molar-refractivity contribution < 1.29 is 0 Å². The summed E-state index contributed by atoms with van der Waals surface area (Å²) < 4.78 is 3.50. The Balaban J connectivity index is 2.51. The molecule has 5 heteroatoms. The fourth-order valence-electron chi connectivity index (χ4n) is 2.20. The number of halogens is 2. The number of hydrogen-bond donors (Lipinski definition) is 0. The molecule has 0 fully saturated rings. The summed E-state index contributed by atoms with van der Waals surface area (Å²) in [7, 11) is 0. The predicted molar refractivity (Wildman–Crippen MR) is 94.4 cm³/mol. The van der Waals surface area contributed by atoms with E-state index in [4.69, 9.17) is 16.6 Å². The number of fused-ring (bicyclic) bond motifs is 1. The zero-order valence-corrected chi connectivity index (χ0v) is 15.1. The van der Waals surface area contributed by atoms with E-state index < -0.39 is 0 Å². The van der Waals surface area contributed by atoms with Gasteiger partial charge in [0.15, 0.2) is 0 Å². The number of rotatable bonds is 5. The molecule has 0 amide bonds. The maximum Gasteiger partial charge on any atom is 0.127 e. The third-order valence-electron chi connectivity index (χ3n) is 3.04. The zero-order chi connectivity index (χ0) is 14.0. The van der Waals surface area contributed by atoms with Crippen molar-refractivity contribution in [3.63, 3.8) is 0 Å². The molecule has 0 aliphatic carbocycles. The molecule has 2 unspecified atom stereocenters. The molecule has 19 heavy (non-hydrogen) atoms. The van der Waals surface area contributed by atoms with E-state index in [1.807, 2.05) is 18.7 Å². The molecule has 0 bridgehead atoms. The van der Waals surface area contributed by atoms with Gasteiger partial charge in [0.25, 0.3) is 0 Å². The monoisotopic (exact) mass is 408 g/mol. The molecule has 0 radical (unpaired) electrons. The lowest BCUT2D eigenvalue weighted by atomic mass is 10.3. The smallest absolute Gasteiger partial charge is 0.127 e. The van der Waals surface area contributed by atoms with Crippen LogP contribution < -0.4 is 0 Å². The molecule has 0 N–H and O–H groups in total. The fraction of sp³-hybridized carbons (Fsp3) is 0.500. The Kier molecular flexibility index (Phi) is 5.43. The van der Waals surface area contributed by atoms with Crippen LogP contribution in [-0.2, 0) is 0 Å². The van der Waals surface area contributed by atoms with Crippen LogP contribution in [0.2, 0.25) is 0 Å². The second kappa shape index (κ2) is 6.68. The fourth-order valence-corrected chi connectivity index (χ4v) is 3.55. The van der Waals surface area contributed by atoms with Crippen molar-refractivity contribution in [3.8, 4) is 0 Å². The summed E-state index contributed by atoms with van der Waals surface area (Å²) in [5.74, 6) is 3.20. The van der Waals surface area contributed by atoms with Gasteiger partial charge >= 0.3 is 0 Å². The Bertz CT molecular complexity index is 568. The quantitative estimate of drug-likeness (QED) is 0.496. The highest BCUT2D eigenvalue weighted by Gasteiger charge is 2.19. The molecule has 104 valence electrons. The number of nitrogens with zero attached hydrogens (tertiary/aromatic N) is 2. The highest BCUT2D eigenvalue weighted by molar-refractivity contribution is 14.1. The molecule has 0 saturated heterocycles. The van der Waals surface area contributed by atoms with Crippen molar-refractivity contribution in [2.45, 2.75) is 32.2 Å². The molecule has 0 saturated carbocycles. The summed E-state index contributed by atoms with van der Waals surface area (Å²) in [5.41, 5.74) is 2.23. The van der Waals surface area contributed by atoms with Gasteiger partial charge in [0.05, 0.1) is 16.4 Å². The minimum atomic E-state index is -0.0702. The number of aromatic nitrogens is 2. The van der Waals surface area contributed by atoms with Gasteiger partial charge in [-0.25, -0.2) is 4.98 Å². The van der Waals surface area contributed by atoms with Crippen LogP contribution in [0.1, 0.15) is 38.0 Å². The van der Waals surface area contributed by atoms with Crippen molar-refractivity contribution in [2.75, 3.05) is 11.5 Å². The largest absolute Gasteiger partial charge is 0.323 e. The van der Waals surface area contributed by atoms with E-state index in [9.17, 15) is 0 Å². The van der Waals surface area contributed by atoms with Crippen LogP contribution >= 0.6 is 46.0 Å². The zero-order valence-electron chi connectivity index (χ0n) is 11.4. The van der Waals surface area contributed by atoms with Gasteiger partial charge in [0, 0.05) is 15.4 Å². The third-order valence-corrected chi connectivity index (χ3v) is 5.03. The Morgan fingerprint density at radius 2 is 2.16 bits per heavy atom. The van der Waals surface area contributed by atoms with Gasteiger partial charge in [0.2, 0.25) is 0 Å². The van der Waals surface area contributed by atoms with E-state index in [0.29, 0.717) is 6.04 Å². The summed E-state index contributed by atoms with van der Waals surface area (Å²) in [6.45, 7) is 6.42. The van der Waals surface area contributed by atoms with Gasteiger partial charge < -0.3 is 4.57 Å². The van der Waals surface area contributed by atoms with Crippen LogP contribution in [0, 0.1) is 3.57 Å². The molecule has 1 heterocycles. The number of alkyl halides is 1. The topological polar surface area (TPSA) is 17.8 Å². The van der Waals surface area contributed by atoms with E-state index >= 15 is 0 Å². The van der Waals surface area contributed by atoms with Crippen molar-refractivity contribution in [1.82, 2.24) is 9.55 Å². The van der Waals surface area contributed by atoms with Gasteiger partial charge in [-0.05, 0) is 60.4 Å². The molecular weight excluding hydrogens is 391 g/mol. The molecule has 2 atom stereocenters. The first-order chi connectivity index (χ1) is 9.04.